The van der Waals surface area contributed by atoms with Crippen LogP contribution in [0.25, 0.3) is 0 Å². The summed E-state index contributed by atoms with van der Waals surface area (Å²) in [5, 5.41) is 21.1. The molecule has 0 aliphatic carbocycles. The largest absolute Gasteiger partial charge is 0.393 e. The molecule has 0 aliphatic rings. The van der Waals surface area contributed by atoms with Crippen molar-refractivity contribution < 1.29 is 19.0 Å². The fourth-order valence-corrected chi connectivity index (χ4v) is 1.18. The van der Waals surface area contributed by atoms with E-state index in [1.807, 2.05) is 0 Å². The van der Waals surface area contributed by atoms with E-state index in [0.29, 0.717) is 12.1 Å². The number of aliphatic hydroxyl groups is 2. The molecule has 1 aromatic rings. The molecule has 5 heteroatoms. The Balaban J connectivity index is 2.46. The van der Waals surface area contributed by atoms with Crippen LogP contribution in [0.2, 0.25) is 0 Å². The van der Waals surface area contributed by atoms with Crippen molar-refractivity contribution in [3.8, 4) is 0 Å². The maximum absolute atomic E-state index is 12.8. The average Bonchev–Trinajstić information content (AvgIpc) is 2.23. The smallest absolute Gasteiger partial charge is 0.159 e. The van der Waals surface area contributed by atoms with Crippen molar-refractivity contribution >= 4 is 0 Å². The van der Waals surface area contributed by atoms with Crippen molar-refractivity contribution in [3.63, 3.8) is 0 Å². The zero-order valence-corrected chi connectivity index (χ0v) is 9.00. The first-order valence-corrected chi connectivity index (χ1v) is 4.92. The van der Waals surface area contributed by atoms with Gasteiger partial charge in [0, 0.05) is 13.1 Å². The second-order valence-electron chi connectivity index (χ2n) is 4.01. The molecule has 0 spiro atoms. The number of benzene rings is 1. The minimum Gasteiger partial charge on any atom is -0.393 e. The van der Waals surface area contributed by atoms with Crippen LogP contribution in [0.4, 0.5) is 8.78 Å². The van der Waals surface area contributed by atoms with Gasteiger partial charge in [0.05, 0.1) is 12.2 Å². The fourth-order valence-electron chi connectivity index (χ4n) is 1.18. The summed E-state index contributed by atoms with van der Waals surface area (Å²) >= 11 is 0. The quantitative estimate of drug-likeness (QED) is 0.702. The molecule has 1 rings (SSSR count). The Labute approximate surface area is 92.7 Å². The maximum Gasteiger partial charge on any atom is 0.159 e. The summed E-state index contributed by atoms with van der Waals surface area (Å²) in [5.41, 5.74) is -0.633. The second kappa shape index (κ2) is 5.34. The lowest BCUT2D eigenvalue weighted by Crippen LogP contribution is -2.40. The van der Waals surface area contributed by atoms with Gasteiger partial charge in [-0.05, 0) is 24.6 Å². The molecule has 0 heterocycles. The van der Waals surface area contributed by atoms with Crippen molar-refractivity contribution in [1.82, 2.24) is 5.32 Å². The zero-order chi connectivity index (χ0) is 12.2. The first-order chi connectivity index (χ1) is 7.44. The number of hydrogen-bond acceptors (Lipinski definition) is 3. The van der Waals surface area contributed by atoms with E-state index in [1.54, 1.807) is 0 Å². The molecule has 0 amide bonds. The van der Waals surface area contributed by atoms with Crippen LogP contribution in [0.5, 0.6) is 0 Å². The predicted molar refractivity (Wildman–Crippen MR) is 55.8 cm³/mol. The van der Waals surface area contributed by atoms with Crippen molar-refractivity contribution in [3.05, 3.63) is 35.4 Å². The first-order valence-electron chi connectivity index (χ1n) is 4.92. The van der Waals surface area contributed by atoms with Gasteiger partial charge in [0.2, 0.25) is 0 Å². The molecule has 0 aromatic heterocycles. The summed E-state index contributed by atoms with van der Waals surface area (Å²) in [4.78, 5) is 0. The average molecular weight is 231 g/mol. The number of hydrogen-bond donors (Lipinski definition) is 3. The lowest BCUT2D eigenvalue weighted by atomic mass is 10.1. The number of halogens is 2. The molecule has 0 aliphatic heterocycles. The summed E-state index contributed by atoms with van der Waals surface area (Å²) < 4.78 is 25.4. The van der Waals surface area contributed by atoms with Gasteiger partial charge in [-0.2, -0.15) is 0 Å². The van der Waals surface area contributed by atoms with Gasteiger partial charge in [-0.1, -0.05) is 6.07 Å². The molecule has 0 saturated carbocycles. The van der Waals surface area contributed by atoms with E-state index in [9.17, 15) is 13.9 Å². The SMILES string of the molecule is CC(O)(CO)CNCc1ccc(F)c(F)c1. The van der Waals surface area contributed by atoms with Gasteiger partial charge in [0.1, 0.15) is 0 Å². The predicted octanol–water partition coefficient (Wildman–Crippen LogP) is 0.798. The van der Waals surface area contributed by atoms with Crippen LogP contribution in [0.3, 0.4) is 0 Å². The molecule has 3 N–H and O–H groups in total. The van der Waals surface area contributed by atoms with E-state index < -0.39 is 17.2 Å². The molecule has 0 saturated heterocycles. The fraction of sp³-hybridized carbons (Fsp3) is 0.455. The highest BCUT2D eigenvalue weighted by Gasteiger charge is 2.17. The van der Waals surface area contributed by atoms with Crippen LogP contribution in [-0.2, 0) is 6.54 Å². The molecule has 1 unspecified atom stereocenters. The molecule has 3 nitrogen and oxygen atoms in total. The normalized spacial score (nSPS) is 14.8. The third kappa shape index (κ3) is 3.84. The van der Waals surface area contributed by atoms with E-state index in [4.69, 9.17) is 5.11 Å². The van der Waals surface area contributed by atoms with Crippen molar-refractivity contribution in [2.45, 2.75) is 19.1 Å². The molecule has 1 aromatic carbocycles. The van der Waals surface area contributed by atoms with Crippen LogP contribution in [0.15, 0.2) is 18.2 Å². The number of rotatable bonds is 5. The van der Waals surface area contributed by atoms with Crippen LogP contribution in [-0.4, -0.2) is 29.0 Å². The monoisotopic (exact) mass is 231 g/mol. The summed E-state index contributed by atoms with van der Waals surface area (Å²) in [6.07, 6.45) is 0. The third-order valence-corrected chi connectivity index (χ3v) is 2.16. The minimum absolute atomic E-state index is 0.169. The van der Waals surface area contributed by atoms with E-state index in [-0.39, 0.29) is 13.2 Å². The van der Waals surface area contributed by atoms with Crippen molar-refractivity contribution in [2.75, 3.05) is 13.2 Å². The molecule has 16 heavy (non-hydrogen) atoms. The summed E-state index contributed by atoms with van der Waals surface area (Å²) in [5.74, 6) is -1.78. The van der Waals surface area contributed by atoms with Crippen LogP contribution < -0.4 is 5.32 Å². The number of nitrogens with one attached hydrogen (secondary N) is 1. The highest BCUT2D eigenvalue weighted by atomic mass is 19.2. The van der Waals surface area contributed by atoms with E-state index in [0.717, 1.165) is 12.1 Å². The molecule has 90 valence electrons. The Morgan fingerprint density at radius 1 is 1.31 bits per heavy atom. The Morgan fingerprint density at radius 3 is 2.56 bits per heavy atom. The third-order valence-electron chi connectivity index (χ3n) is 2.16. The Hall–Kier alpha value is -1.04. The van der Waals surface area contributed by atoms with Gasteiger partial charge in [0.25, 0.3) is 0 Å². The minimum atomic E-state index is -1.21. The van der Waals surface area contributed by atoms with Gasteiger partial charge >= 0.3 is 0 Å². The Kier molecular flexibility index (Phi) is 4.35. The maximum atomic E-state index is 12.8. The number of aliphatic hydroxyl groups excluding tert-OH is 1. The molecule has 0 radical (unpaired) electrons. The first kappa shape index (κ1) is 13.0. The zero-order valence-electron chi connectivity index (χ0n) is 9.00. The van der Waals surface area contributed by atoms with Gasteiger partial charge in [-0.3, -0.25) is 0 Å². The van der Waals surface area contributed by atoms with Gasteiger partial charge < -0.3 is 15.5 Å². The Morgan fingerprint density at radius 2 is 2.00 bits per heavy atom. The highest BCUT2D eigenvalue weighted by Crippen LogP contribution is 2.08. The summed E-state index contributed by atoms with van der Waals surface area (Å²) in [6, 6.07) is 3.60. The van der Waals surface area contributed by atoms with E-state index in [2.05, 4.69) is 5.32 Å². The summed E-state index contributed by atoms with van der Waals surface area (Å²) in [6.45, 7) is 1.58. The molecule has 1 atom stereocenters. The van der Waals surface area contributed by atoms with Gasteiger partial charge in [0.15, 0.2) is 11.6 Å². The standard InChI is InChI=1S/C11H15F2NO2/c1-11(16,7-15)6-14-5-8-2-3-9(12)10(13)4-8/h2-4,14-16H,5-7H2,1H3. The Bertz CT molecular complexity index is 356. The van der Waals surface area contributed by atoms with Crippen LogP contribution in [0, 0.1) is 11.6 Å². The topological polar surface area (TPSA) is 52.5 Å². The molecular weight excluding hydrogens is 216 g/mol. The highest BCUT2D eigenvalue weighted by molar-refractivity contribution is 5.17. The van der Waals surface area contributed by atoms with Crippen LogP contribution in [0.1, 0.15) is 12.5 Å². The van der Waals surface area contributed by atoms with Crippen LogP contribution >= 0.6 is 0 Å². The molecule has 0 bridgehead atoms. The van der Waals surface area contributed by atoms with E-state index >= 15 is 0 Å². The van der Waals surface area contributed by atoms with Gasteiger partial charge in [-0.25, -0.2) is 8.78 Å². The molecule has 0 fully saturated rings. The van der Waals surface area contributed by atoms with E-state index in [1.165, 1.54) is 13.0 Å². The molecular formula is C11H15F2NO2. The van der Waals surface area contributed by atoms with Crippen molar-refractivity contribution in [1.29, 1.82) is 0 Å². The van der Waals surface area contributed by atoms with Gasteiger partial charge in [-0.15, -0.1) is 0 Å². The summed E-state index contributed by atoms with van der Waals surface area (Å²) in [7, 11) is 0. The lowest BCUT2D eigenvalue weighted by molar-refractivity contribution is 0.00253. The van der Waals surface area contributed by atoms with Crippen molar-refractivity contribution in [2.24, 2.45) is 0 Å². The lowest BCUT2D eigenvalue weighted by Gasteiger charge is -2.20. The second-order valence-corrected chi connectivity index (χ2v) is 4.01.